The average Bonchev–Trinajstić information content (AvgIpc) is 2.44. The van der Waals surface area contributed by atoms with E-state index in [9.17, 15) is 19.8 Å². The van der Waals surface area contributed by atoms with Gasteiger partial charge in [-0.1, -0.05) is 0 Å². The molecule has 1 atom stereocenters. The summed E-state index contributed by atoms with van der Waals surface area (Å²) < 4.78 is 0.770. The maximum atomic E-state index is 11.4. The number of thiol groups is 1. The molecule has 1 unspecified atom stereocenters. The molecule has 88 valence electrons. The topological polar surface area (TPSA) is 99.8 Å². The predicted octanol–water partition coefficient (Wildman–Crippen LogP) is 0.546. The average molecular weight is 245 g/mol. The van der Waals surface area contributed by atoms with Crippen molar-refractivity contribution in [2.45, 2.75) is 18.2 Å². The standard InChI is InChI=1S/C9H11NO5S/c1-5(11)9(16,4-8(14)15)10-6(12)2-3-7(10)13/h2-3,12-13,16H,4H2,1H3,(H,14,15). The first kappa shape index (κ1) is 12.4. The Morgan fingerprint density at radius 2 is 1.81 bits per heavy atom. The molecule has 0 fully saturated rings. The number of aromatic hydroxyl groups is 2. The van der Waals surface area contributed by atoms with Crippen molar-refractivity contribution in [2.75, 3.05) is 0 Å². The number of Topliss-reactive ketones (excluding diaryl/α,β-unsaturated/α-hetero) is 1. The summed E-state index contributed by atoms with van der Waals surface area (Å²) in [5.74, 6) is -2.72. The lowest BCUT2D eigenvalue weighted by Crippen LogP contribution is -2.36. The van der Waals surface area contributed by atoms with Crippen LogP contribution in [0.25, 0.3) is 0 Å². The van der Waals surface area contributed by atoms with Crippen molar-refractivity contribution in [3.05, 3.63) is 12.1 Å². The van der Waals surface area contributed by atoms with Crippen LogP contribution in [0.3, 0.4) is 0 Å². The van der Waals surface area contributed by atoms with Crippen LogP contribution in [0.4, 0.5) is 0 Å². The number of ketones is 1. The van der Waals surface area contributed by atoms with E-state index in [4.69, 9.17) is 5.11 Å². The monoisotopic (exact) mass is 245 g/mol. The van der Waals surface area contributed by atoms with Gasteiger partial charge >= 0.3 is 5.97 Å². The first-order valence-corrected chi connectivity index (χ1v) is 4.79. The third kappa shape index (κ3) is 1.99. The molecule has 1 heterocycles. The van der Waals surface area contributed by atoms with E-state index in [1.165, 1.54) is 0 Å². The highest BCUT2D eigenvalue weighted by Crippen LogP contribution is 2.36. The molecule has 0 aromatic carbocycles. The Labute approximate surface area is 96.5 Å². The van der Waals surface area contributed by atoms with Crippen LogP contribution in [-0.4, -0.2) is 31.6 Å². The van der Waals surface area contributed by atoms with Gasteiger partial charge in [-0.15, -0.1) is 12.6 Å². The highest BCUT2D eigenvalue weighted by molar-refractivity contribution is 7.82. The Morgan fingerprint density at radius 3 is 2.12 bits per heavy atom. The second kappa shape index (κ2) is 4.09. The van der Waals surface area contributed by atoms with Crippen molar-refractivity contribution in [2.24, 2.45) is 0 Å². The molecule has 1 rings (SSSR count). The third-order valence-corrected chi connectivity index (χ3v) is 2.84. The summed E-state index contributed by atoms with van der Waals surface area (Å²) in [4.78, 5) is 20.3. The van der Waals surface area contributed by atoms with Gasteiger partial charge in [-0.3, -0.25) is 14.2 Å². The molecular weight excluding hydrogens is 234 g/mol. The molecule has 0 saturated carbocycles. The van der Waals surface area contributed by atoms with Crippen LogP contribution in [0, 0.1) is 0 Å². The van der Waals surface area contributed by atoms with Gasteiger partial charge in [-0.25, -0.2) is 0 Å². The van der Waals surface area contributed by atoms with Crippen molar-refractivity contribution < 1.29 is 24.9 Å². The van der Waals surface area contributed by atoms with E-state index in [0.29, 0.717) is 0 Å². The number of nitrogens with zero attached hydrogens (tertiary/aromatic N) is 1. The van der Waals surface area contributed by atoms with Crippen molar-refractivity contribution in [1.29, 1.82) is 0 Å². The molecule has 1 aromatic rings. The number of carboxylic acids is 1. The molecule has 0 aliphatic heterocycles. The maximum absolute atomic E-state index is 11.4. The minimum Gasteiger partial charge on any atom is -0.494 e. The summed E-state index contributed by atoms with van der Waals surface area (Å²) in [5.41, 5.74) is 0. The van der Waals surface area contributed by atoms with Crippen LogP contribution in [0.2, 0.25) is 0 Å². The molecule has 0 amide bonds. The Hall–Kier alpha value is -1.63. The lowest BCUT2D eigenvalue weighted by molar-refractivity contribution is -0.140. The van der Waals surface area contributed by atoms with E-state index in [-0.39, 0.29) is 0 Å². The fourth-order valence-corrected chi connectivity index (χ4v) is 1.71. The fraction of sp³-hybridized carbons (Fsp3) is 0.333. The van der Waals surface area contributed by atoms with Gasteiger partial charge in [0.15, 0.2) is 22.4 Å². The smallest absolute Gasteiger partial charge is 0.307 e. The fourth-order valence-electron chi connectivity index (χ4n) is 1.37. The van der Waals surface area contributed by atoms with Crippen LogP contribution in [0.5, 0.6) is 11.8 Å². The zero-order valence-electron chi connectivity index (χ0n) is 8.41. The molecule has 16 heavy (non-hydrogen) atoms. The summed E-state index contributed by atoms with van der Waals surface area (Å²) in [7, 11) is 0. The van der Waals surface area contributed by atoms with Gasteiger partial charge in [-0.05, 0) is 6.92 Å². The molecule has 1 aromatic heterocycles. The highest BCUT2D eigenvalue weighted by Gasteiger charge is 2.39. The lowest BCUT2D eigenvalue weighted by atomic mass is 10.1. The summed E-state index contributed by atoms with van der Waals surface area (Å²) in [6.07, 6.45) is -0.652. The minimum absolute atomic E-state index is 0.427. The molecule has 0 aliphatic rings. The number of carbonyl (C=O) groups is 2. The van der Waals surface area contributed by atoms with Gasteiger partial charge < -0.3 is 15.3 Å². The van der Waals surface area contributed by atoms with Crippen molar-refractivity contribution in [3.63, 3.8) is 0 Å². The van der Waals surface area contributed by atoms with Gasteiger partial charge in [0, 0.05) is 12.1 Å². The highest BCUT2D eigenvalue weighted by atomic mass is 32.1. The van der Waals surface area contributed by atoms with Crippen molar-refractivity contribution in [1.82, 2.24) is 4.57 Å². The van der Waals surface area contributed by atoms with Crippen LogP contribution in [-0.2, 0) is 14.5 Å². The number of rotatable bonds is 4. The molecule has 0 saturated heterocycles. The van der Waals surface area contributed by atoms with Gasteiger partial charge in [0.2, 0.25) is 0 Å². The molecule has 7 heteroatoms. The van der Waals surface area contributed by atoms with E-state index >= 15 is 0 Å². The maximum Gasteiger partial charge on any atom is 0.307 e. The number of carbonyl (C=O) groups excluding carboxylic acids is 1. The Bertz CT molecular complexity index is 422. The summed E-state index contributed by atoms with van der Waals surface area (Å²) in [6, 6.07) is 2.29. The van der Waals surface area contributed by atoms with Gasteiger partial charge in [0.1, 0.15) is 0 Å². The Kier molecular flexibility index (Phi) is 3.18. The minimum atomic E-state index is -1.80. The normalized spacial score (nSPS) is 14.4. The molecule has 0 spiro atoms. The number of aliphatic carboxylic acids is 1. The van der Waals surface area contributed by atoms with E-state index in [1.54, 1.807) is 0 Å². The molecule has 3 N–H and O–H groups in total. The Balaban J connectivity index is 3.32. The zero-order chi connectivity index (χ0) is 12.5. The van der Waals surface area contributed by atoms with E-state index in [0.717, 1.165) is 23.6 Å². The SMILES string of the molecule is CC(=O)C(S)(CC(=O)O)n1c(O)ccc1O. The van der Waals surface area contributed by atoms with Crippen LogP contribution in [0.15, 0.2) is 12.1 Å². The van der Waals surface area contributed by atoms with Gasteiger partial charge in [0.25, 0.3) is 0 Å². The van der Waals surface area contributed by atoms with Gasteiger partial charge in [0.05, 0.1) is 6.42 Å². The molecular formula is C9H11NO5S. The first-order chi connectivity index (χ1) is 7.29. The molecule has 0 radical (unpaired) electrons. The number of hydrogen-bond acceptors (Lipinski definition) is 5. The third-order valence-electron chi connectivity index (χ3n) is 2.17. The summed E-state index contributed by atoms with van der Waals surface area (Å²) >= 11 is 3.96. The second-order valence-electron chi connectivity index (χ2n) is 3.33. The lowest BCUT2D eigenvalue weighted by Gasteiger charge is -2.27. The summed E-state index contributed by atoms with van der Waals surface area (Å²) in [6.45, 7) is 1.13. The van der Waals surface area contributed by atoms with Crippen LogP contribution in [0.1, 0.15) is 13.3 Å². The second-order valence-corrected chi connectivity index (χ2v) is 4.07. The van der Waals surface area contributed by atoms with Gasteiger partial charge in [-0.2, -0.15) is 0 Å². The summed E-state index contributed by atoms with van der Waals surface area (Å²) in [5, 5.41) is 27.6. The molecule has 0 aliphatic carbocycles. The molecule has 6 nitrogen and oxygen atoms in total. The number of aromatic nitrogens is 1. The Morgan fingerprint density at radius 1 is 1.38 bits per heavy atom. The molecule has 0 bridgehead atoms. The van der Waals surface area contributed by atoms with E-state index in [1.807, 2.05) is 0 Å². The van der Waals surface area contributed by atoms with Crippen molar-refractivity contribution in [3.8, 4) is 11.8 Å². The number of carboxylic acid groups (broad SMARTS) is 1. The van der Waals surface area contributed by atoms with E-state index in [2.05, 4.69) is 12.6 Å². The largest absolute Gasteiger partial charge is 0.494 e. The van der Waals surface area contributed by atoms with Crippen LogP contribution >= 0.6 is 12.6 Å². The van der Waals surface area contributed by atoms with Crippen LogP contribution < -0.4 is 0 Å². The number of hydrogen-bond donors (Lipinski definition) is 4. The van der Waals surface area contributed by atoms with E-state index < -0.39 is 34.8 Å². The predicted molar refractivity (Wildman–Crippen MR) is 57.7 cm³/mol. The quantitative estimate of drug-likeness (QED) is 0.580. The first-order valence-electron chi connectivity index (χ1n) is 4.34. The van der Waals surface area contributed by atoms with Crippen molar-refractivity contribution >= 4 is 24.4 Å². The zero-order valence-corrected chi connectivity index (χ0v) is 9.31.